The van der Waals surface area contributed by atoms with Gasteiger partial charge >= 0.3 is 0 Å². The van der Waals surface area contributed by atoms with Crippen LogP contribution in [0.4, 0.5) is 0 Å². The standard InChI is InChI=1S/C12H26N2OS/c1-10-7-11(8-14(10)4)13-5-6-16-9-12(2,3)15/h10-11,13,15H,5-9H2,1-4H3. The zero-order chi connectivity index (χ0) is 12.2. The second-order valence-corrected chi connectivity index (χ2v) is 6.65. The van der Waals surface area contributed by atoms with E-state index in [0.29, 0.717) is 12.1 Å². The fourth-order valence-electron chi connectivity index (χ4n) is 2.00. The van der Waals surface area contributed by atoms with Gasteiger partial charge < -0.3 is 15.3 Å². The molecule has 0 saturated carbocycles. The molecular formula is C12H26N2OS. The second kappa shape index (κ2) is 6.24. The smallest absolute Gasteiger partial charge is 0.0681 e. The van der Waals surface area contributed by atoms with Crippen molar-refractivity contribution in [1.29, 1.82) is 0 Å². The number of rotatable bonds is 6. The molecule has 2 unspecified atom stereocenters. The van der Waals surface area contributed by atoms with E-state index in [1.165, 1.54) is 6.42 Å². The summed E-state index contributed by atoms with van der Waals surface area (Å²) < 4.78 is 0. The molecular weight excluding hydrogens is 220 g/mol. The van der Waals surface area contributed by atoms with Crippen LogP contribution in [0, 0.1) is 0 Å². The first-order chi connectivity index (χ1) is 7.38. The van der Waals surface area contributed by atoms with Crippen LogP contribution < -0.4 is 5.32 Å². The Hall–Kier alpha value is 0.230. The Balaban J connectivity index is 2.00. The van der Waals surface area contributed by atoms with Crippen molar-refractivity contribution in [1.82, 2.24) is 10.2 Å². The van der Waals surface area contributed by atoms with Crippen LogP contribution in [0.1, 0.15) is 27.2 Å². The molecule has 2 N–H and O–H groups in total. The summed E-state index contributed by atoms with van der Waals surface area (Å²) in [6, 6.07) is 1.37. The molecule has 3 nitrogen and oxygen atoms in total. The summed E-state index contributed by atoms with van der Waals surface area (Å²) in [4.78, 5) is 2.40. The molecule has 0 aromatic carbocycles. The Morgan fingerprint density at radius 3 is 2.69 bits per heavy atom. The number of thioether (sulfide) groups is 1. The minimum absolute atomic E-state index is 0.535. The molecule has 0 spiro atoms. The third-order valence-corrected chi connectivity index (χ3v) is 4.42. The lowest BCUT2D eigenvalue weighted by Gasteiger charge is -2.17. The van der Waals surface area contributed by atoms with Gasteiger partial charge in [-0.15, -0.1) is 0 Å². The van der Waals surface area contributed by atoms with Crippen LogP contribution in [0.25, 0.3) is 0 Å². The Morgan fingerprint density at radius 1 is 1.50 bits per heavy atom. The first kappa shape index (κ1) is 14.3. The maximum atomic E-state index is 9.55. The van der Waals surface area contributed by atoms with Gasteiger partial charge in [0.1, 0.15) is 0 Å². The topological polar surface area (TPSA) is 35.5 Å². The molecule has 0 radical (unpaired) electrons. The highest BCUT2D eigenvalue weighted by Crippen LogP contribution is 2.15. The number of hydrogen-bond donors (Lipinski definition) is 2. The van der Waals surface area contributed by atoms with Gasteiger partial charge in [-0.3, -0.25) is 0 Å². The fourth-order valence-corrected chi connectivity index (χ4v) is 2.90. The van der Waals surface area contributed by atoms with Gasteiger partial charge in [-0.2, -0.15) is 11.8 Å². The van der Waals surface area contributed by atoms with Gasteiger partial charge in [0.05, 0.1) is 5.60 Å². The van der Waals surface area contributed by atoms with Crippen molar-refractivity contribution in [3.63, 3.8) is 0 Å². The zero-order valence-corrected chi connectivity index (χ0v) is 11.8. The maximum absolute atomic E-state index is 9.55. The summed E-state index contributed by atoms with van der Waals surface area (Å²) in [5.74, 6) is 1.90. The van der Waals surface area contributed by atoms with Gasteiger partial charge in [0.2, 0.25) is 0 Å². The minimum Gasteiger partial charge on any atom is -0.390 e. The van der Waals surface area contributed by atoms with E-state index in [-0.39, 0.29) is 0 Å². The summed E-state index contributed by atoms with van der Waals surface area (Å²) in [6.45, 7) is 8.22. The molecule has 1 saturated heterocycles. The number of nitrogens with one attached hydrogen (secondary N) is 1. The largest absolute Gasteiger partial charge is 0.390 e. The average Bonchev–Trinajstić information content (AvgIpc) is 2.44. The summed E-state index contributed by atoms with van der Waals surface area (Å²) in [5, 5.41) is 13.1. The van der Waals surface area contributed by atoms with Crippen LogP contribution in [0.5, 0.6) is 0 Å². The average molecular weight is 246 g/mol. The molecule has 2 atom stereocenters. The first-order valence-electron chi connectivity index (χ1n) is 6.12. The predicted octanol–water partition coefficient (Wildman–Crippen LogP) is 1.17. The molecule has 1 aliphatic rings. The van der Waals surface area contributed by atoms with Crippen molar-refractivity contribution in [2.75, 3.05) is 31.6 Å². The lowest BCUT2D eigenvalue weighted by Crippen LogP contribution is -2.33. The number of nitrogens with zero attached hydrogens (tertiary/aromatic N) is 1. The van der Waals surface area contributed by atoms with Crippen molar-refractivity contribution in [3.05, 3.63) is 0 Å². The van der Waals surface area contributed by atoms with Crippen LogP contribution in [0.15, 0.2) is 0 Å². The van der Waals surface area contributed by atoms with Gasteiger partial charge in [-0.05, 0) is 34.2 Å². The Labute approximate surface area is 104 Å². The van der Waals surface area contributed by atoms with Crippen molar-refractivity contribution in [2.45, 2.75) is 44.9 Å². The third kappa shape index (κ3) is 5.53. The van der Waals surface area contributed by atoms with Gasteiger partial charge in [0.25, 0.3) is 0 Å². The number of likely N-dealkylation sites (tertiary alicyclic amines) is 1. The van der Waals surface area contributed by atoms with Crippen LogP contribution in [-0.4, -0.2) is 59.3 Å². The third-order valence-electron chi connectivity index (χ3n) is 3.02. The van der Waals surface area contributed by atoms with Gasteiger partial charge in [0.15, 0.2) is 0 Å². The van der Waals surface area contributed by atoms with Crippen LogP contribution in [-0.2, 0) is 0 Å². The Kier molecular flexibility index (Phi) is 5.57. The summed E-state index contributed by atoms with van der Waals surface area (Å²) in [5.41, 5.74) is -0.535. The van der Waals surface area contributed by atoms with Crippen LogP contribution in [0.2, 0.25) is 0 Å². The number of likely N-dealkylation sites (N-methyl/N-ethyl adjacent to an activating group) is 1. The van der Waals surface area contributed by atoms with Crippen molar-refractivity contribution < 1.29 is 5.11 Å². The highest BCUT2D eigenvalue weighted by Gasteiger charge is 2.25. The zero-order valence-electron chi connectivity index (χ0n) is 11.0. The van der Waals surface area contributed by atoms with Gasteiger partial charge in [-0.25, -0.2) is 0 Å². The number of aliphatic hydroxyl groups is 1. The van der Waals surface area contributed by atoms with E-state index in [4.69, 9.17) is 0 Å². The molecule has 1 fully saturated rings. The minimum atomic E-state index is -0.535. The highest BCUT2D eigenvalue weighted by atomic mass is 32.2. The lowest BCUT2D eigenvalue weighted by atomic mass is 10.2. The monoisotopic (exact) mass is 246 g/mol. The van der Waals surface area contributed by atoms with E-state index in [0.717, 1.165) is 24.6 Å². The fraction of sp³-hybridized carbons (Fsp3) is 1.00. The molecule has 0 aromatic heterocycles. The molecule has 96 valence electrons. The number of hydrogen-bond acceptors (Lipinski definition) is 4. The molecule has 1 rings (SSSR count). The van der Waals surface area contributed by atoms with E-state index in [9.17, 15) is 5.11 Å². The first-order valence-corrected chi connectivity index (χ1v) is 7.28. The summed E-state index contributed by atoms with van der Waals surface area (Å²) in [6.07, 6.45) is 1.26. The quantitative estimate of drug-likeness (QED) is 0.690. The van der Waals surface area contributed by atoms with Crippen molar-refractivity contribution >= 4 is 11.8 Å². The predicted molar refractivity (Wildman–Crippen MR) is 72.1 cm³/mol. The van der Waals surface area contributed by atoms with E-state index in [1.807, 2.05) is 25.6 Å². The van der Waals surface area contributed by atoms with E-state index >= 15 is 0 Å². The SMILES string of the molecule is CC1CC(NCCSCC(C)(C)O)CN1C. The lowest BCUT2D eigenvalue weighted by molar-refractivity contribution is 0.107. The molecule has 0 amide bonds. The second-order valence-electron chi connectivity index (χ2n) is 5.54. The molecule has 0 aliphatic carbocycles. The molecule has 0 aromatic rings. The molecule has 0 bridgehead atoms. The van der Waals surface area contributed by atoms with Crippen molar-refractivity contribution in [3.8, 4) is 0 Å². The molecule has 1 heterocycles. The van der Waals surface area contributed by atoms with Gasteiger partial charge in [-0.1, -0.05) is 0 Å². The van der Waals surface area contributed by atoms with E-state index in [2.05, 4.69) is 24.2 Å². The normalized spacial score (nSPS) is 27.6. The molecule has 4 heteroatoms. The van der Waals surface area contributed by atoms with Crippen molar-refractivity contribution in [2.24, 2.45) is 0 Å². The Bertz CT molecular complexity index is 196. The van der Waals surface area contributed by atoms with Gasteiger partial charge in [0, 0.05) is 36.7 Å². The summed E-state index contributed by atoms with van der Waals surface area (Å²) in [7, 11) is 2.19. The molecule has 16 heavy (non-hydrogen) atoms. The van der Waals surface area contributed by atoms with E-state index in [1.54, 1.807) is 0 Å². The summed E-state index contributed by atoms with van der Waals surface area (Å²) >= 11 is 1.82. The molecule has 1 aliphatic heterocycles. The maximum Gasteiger partial charge on any atom is 0.0681 e. The highest BCUT2D eigenvalue weighted by molar-refractivity contribution is 7.99. The van der Waals surface area contributed by atoms with Crippen LogP contribution in [0.3, 0.4) is 0 Å². The Morgan fingerprint density at radius 2 is 2.19 bits per heavy atom. The van der Waals surface area contributed by atoms with Crippen LogP contribution >= 0.6 is 11.8 Å². The van der Waals surface area contributed by atoms with E-state index < -0.39 is 5.60 Å².